The Balaban J connectivity index is 1.48. The average molecular weight is 493 g/mol. The molecule has 1 saturated carbocycles. The van der Waals surface area contributed by atoms with Crippen LogP contribution in [0.5, 0.6) is 0 Å². The highest BCUT2D eigenvalue weighted by Gasteiger charge is 2.33. The third-order valence-electron chi connectivity index (χ3n) is 7.71. The van der Waals surface area contributed by atoms with Crippen molar-refractivity contribution in [1.82, 2.24) is 19.7 Å². The van der Waals surface area contributed by atoms with E-state index in [2.05, 4.69) is 22.9 Å². The van der Waals surface area contributed by atoms with Crippen molar-refractivity contribution < 1.29 is 9.90 Å². The highest BCUT2D eigenvalue weighted by molar-refractivity contribution is 6.00. The van der Waals surface area contributed by atoms with Gasteiger partial charge in [0, 0.05) is 36.7 Å². The number of anilines is 1. The summed E-state index contributed by atoms with van der Waals surface area (Å²) in [6, 6.07) is 17.8. The van der Waals surface area contributed by atoms with Gasteiger partial charge in [-0.25, -0.2) is 19.4 Å². The molecule has 0 spiro atoms. The summed E-state index contributed by atoms with van der Waals surface area (Å²) < 4.78 is 1.78. The molecular formula is C29H28N6O2. The Morgan fingerprint density at radius 1 is 1.11 bits per heavy atom. The Labute approximate surface area is 215 Å². The molecule has 0 unspecified atom stereocenters. The SMILES string of the molecule is CC1CC(c2nn(-c3ccccc3)c3nc(C(=O)O)cc(-c4ccc(N5CCC(C#N)CC5)nc4)c23)C1. The molecule has 2 fully saturated rings. The number of nitriles is 1. The Kier molecular flexibility index (Phi) is 5.84. The minimum atomic E-state index is -1.08. The van der Waals surface area contributed by atoms with Gasteiger partial charge >= 0.3 is 5.97 Å². The molecule has 1 aliphatic carbocycles. The van der Waals surface area contributed by atoms with E-state index in [0.29, 0.717) is 17.5 Å². The third kappa shape index (κ3) is 4.20. The molecule has 8 heteroatoms. The van der Waals surface area contributed by atoms with Crippen molar-refractivity contribution in [3.05, 3.63) is 66.1 Å². The monoisotopic (exact) mass is 492 g/mol. The summed E-state index contributed by atoms with van der Waals surface area (Å²) in [6.45, 7) is 3.86. The number of benzene rings is 1. The second-order valence-corrected chi connectivity index (χ2v) is 10.3. The fraction of sp³-hybridized carbons (Fsp3) is 0.345. The molecule has 186 valence electrons. The van der Waals surface area contributed by atoms with E-state index in [1.165, 1.54) is 0 Å². The highest BCUT2D eigenvalue weighted by atomic mass is 16.4. The van der Waals surface area contributed by atoms with E-state index < -0.39 is 5.97 Å². The number of carboxylic acids is 1. The number of aromatic carboxylic acids is 1. The first-order valence-electron chi connectivity index (χ1n) is 12.8. The second kappa shape index (κ2) is 9.32. The van der Waals surface area contributed by atoms with Crippen LogP contribution >= 0.6 is 0 Å². The first-order chi connectivity index (χ1) is 18.0. The van der Waals surface area contributed by atoms with Crippen LogP contribution in [-0.2, 0) is 0 Å². The maximum atomic E-state index is 12.1. The van der Waals surface area contributed by atoms with Gasteiger partial charge in [0.2, 0.25) is 0 Å². The fourth-order valence-electron chi connectivity index (χ4n) is 5.61. The van der Waals surface area contributed by atoms with Gasteiger partial charge in [-0.1, -0.05) is 25.1 Å². The number of carbonyl (C=O) groups is 1. The fourth-order valence-corrected chi connectivity index (χ4v) is 5.61. The zero-order valence-electron chi connectivity index (χ0n) is 20.7. The lowest BCUT2D eigenvalue weighted by molar-refractivity contribution is 0.0691. The van der Waals surface area contributed by atoms with Crippen LogP contribution in [0.25, 0.3) is 27.8 Å². The molecule has 4 aromatic rings. The Morgan fingerprint density at radius 2 is 1.86 bits per heavy atom. The van der Waals surface area contributed by atoms with Crippen LogP contribution in [0, 0.1) is 23.2 Å². The predicted octanol–water partition coefficient (Wildman–Crippen LogP) is 5.43. The van der Waals surface area contributed by atoms with E-state index in [9.17, 15) is 15.2 Å². The molecule has 1 saturated heterocycles. The van der Waals surface area contributed by atoms with Crippen molar-refractivity contribution in [3.63, 3.8) is 0 Å². The summed E-state index contributed by atoms with van der Waals surface area (Å²) in [7, 11) is 0. The minimum absolute atomic E-state index is 0.0178. The molecule has 0 bridgehead atoms. The first-order valence-corrected chi connectivity index (χ1v) is 12.8. The van der Waals surface area contributed by atoms with E-state index in [1.807, 2.05) is 48.7 Å². The number of piperidine rings is 1. The van der Waals surface area contributed by atoms with Gasteiger partial charge in [-0.15, -0.1) is 0 Å². The quantitative estimate of drug-likeness (QED) is 0.395. The molecule has 2 aliphatic rings. The van der Waals surface area contributed by atoms with Crippen LogP contribution in [0.1, 0.15) is 54.7 Å². The molecule has 1 N–H and O–H groups in total. The molecule has 1 aliphatic heterocycles. The lowest BCUT2D eigenvalue weighted by Crippen LogP contribution is -2.33. The number of aromatic nitrogens is 4. The van der Waals surface area contributed by atoms with Crippen LogP contribution < -0.4 is 4.90 Å². The normalized spacial score (nSPS) is 19.9. The zero-order valence-corrected chi connectivity index (χ0v) is 20.7. The molecule has 0 radical (unpaired) electrons. The van der Waals surface area contributed by atoms with Crippen molar-refractivity contribution in [2.45, 2.75) is 38.5 Å². The number of rotatable bonds is 5. The lowest BCUT2D eigenvalue weighted by Gasteiger charge is -2.31. The van der Waals surface area contributed by atoms with Gasteiger partial charge in [-0.2, -0.15) is 10.4 Å². The molecule has 1 aromatic carbocycles. The number of para-hydroxylation sites is 1. The van der Waals surface area contributed by atoms with Gasteiger partial charge in [0.15, 0.2) is 11.3 Å². The average Bonchev–Trinajstić information content (AvgIpc) is 3.30. The second-order valence-electron chi connectivity index (χ2n) is 10.3. The smallest absolute Gasteiger partial charge is 0.354 e. The van der Waals surface area contributed by atoms with Gasteiger partial charge in [0.25, 0.3) is 0 Å². The van der Waals surface area contributed by atoms with E-state index >= 15 is 0 Å². The summed E-state index contributed by atoms with van der Waals surface area (Å²) in [5.74, 6) is 0.864. The van der Waals surface area contributed by atoms with Crippen LogP contribution in [0.2, 0.25) is 0 Å². The minimum Gasteiger partial charge on any atom is -0.477 e. The highest BCUT2D eigenvalue weighted by Crippen LogP contribution is 2.45. The van der Waals surface area contributed by atoms with Crippen molar-refractivity contribution >= 4 is 22.8 Å². The maximum Gasteiger partial charge on any atom is 0.354 e. The molecule has 6 rings (SSSR count). The molecule has 37 heavy (non-hydrogen) atoms. The van der Waals surface area contributed by atoms with Gasteiger partial charge in [-0.3, -0.25) is 0 Å². The molecular weight excluding hydrogens is 464 g/mol. The van der Waals surface area contributed by atoms with Gasteiger partial charge in [-0.05, 0) is 67.5 Å². The van der Waals surface area contributed by atoms with E-state index in [-0.39, 0.29) is 11.6 Å². The predicted molar refractivity (Wildman–Crippen MR) is 141 cm³/mol. The summed E-state index contributed by atoms with van der Waals surface area (Å²) in [4.78, 5) is 23.6. The van der Waals surface area contributed by atoms with Crippen LogP contribution in [0.4, 0.5) is 5.82 Å². The summed E-state index contributed by atoms with van der Waals surface area (Å²) in [5, 5.41) is 25.0. The first kappa shape index (κ1) is 23.2. The van der Waals surface area contributed by atoms with Crippen LogP contribution in [0.15, 0.2) is 54.7 Å². The van der Waals surface area contributed by atoms with Gasteiger partial charge in [0.1, 0.15) is 5.82 Å². The topological polar surface area (TPSA) is 108 Å². The number of fused-ring (bicyclic) bond motifs is 1. The number of hydrogen-bond donors (Lipinski definition) is 1. The van der Waals surface area contributed by atoms with E-state index in [4.69, 9.17) is 10.1 Å². The third-order valence-corrected chi connectivity index (χ3v) is 7.71. The van der Waals surface area contributed by atoms with Crippen molar-refractivity contribution in [2.75, 3.05) is 18.0 Å². The Morgan fingerprint density at radius 3 is 2.49 bits per heavy atom. The van der Waals surface area contributed by atoms with Crippen LogP contribution in [-0.4, -0.2) is 43.9 Å². The molecule has 4 heterocycles. The number of carboxylic acid groups (broad SMARTS) is 1. The van der Waals surface area contributed by atoms with Crippen LogP contribution in [0.3, 0.4) is 0 Å². The van der Waals surface area contributed by atoms with Gasteiger partial charge in [0.05, 0.1) is 22.8 Å². The van der Waals surface area contributed by atoms with Crippen molar-refractivity contribution in [3.8, 4) is 22.9 Å². The molecule has 8 nitrogen and oxygen atoms in total. The number of hydrogen-bond acceptors (Lipinski definition) is 6. The van der Waals surface area contributed by atoms with Crippen molar-refractivity contribution in [1.29, 1.82) is 5.26 Å². The zero-order chi connectivity index (χ0) is 25.5. The Bertz CT molecular complexity index is 1490. The summed E-state index contributed by atoms with van der Waals surface area (Å²) >= 11 is 0. The summed E-state index contributed by atoms with van der Waals surface area (Å²) in [5.41, 5.74) is 3.99. The number of pyridine rings is 2. The lowest BCUT2D eigenvalue weighted by atomic mass is 9.73. The van der Waals surface area contributed by atoms with Gasteiger partial charge < -0.3 is 10.0 Å². The Hall–Kier alpha value is -4.25. The molecule has 0 amide bonds. The van der Waals surface area contributed by atoms with Crippen molar-refractivity contribution in [2.24, 2.45) is 11.8 Å². The van der Waals surface area contributed by atoms with E-state index in [1.54, 1.807) is 10.7 Å². The largest absolute Gasteiger partial charge is 0.477 e. The molecule has 0 atom stereocenters. The standard InChI is InChI=1S/C29H28N6O2/c1-18-13-21(14-18)27-26-23(20-7-8-25(31-17-20)34-11-9-19(16-30)10-12-34)15-24(29(36)37)32-28(26)35(33-27)22-5-3-2-4-6-22/h2-8,15,17-19,21H,9-14H2,1H3,(H,36,37). The molecule has 3 aromatic heterocycles. The maximum absolute atomic E-state index is 12.1. The number of nitrogens with zero attached hydrogens (tertiary/aromatic N) is 6. The summed E-state index contributed by atoms with van der Waals surface area (Å²) in [6.07, 6.45) is 5.61. The van der Waals surface area contributed by atoms with E-state index in [0.717, 1.165) is 72.5 Å².